The van der Waals surface area contributed by atoms with Crippen molar-refractivity contribution >= 4 is 57.8 Å². The molecule has 1 aliphatic carbocycles. The number of rotatable bonds is 13. The molecule has 7 rings (SSSR count). The van der Waals surface area contributed by atoms with Crippen LogP contribution in [-0.4, -0.2) is 124 Å². The lowest BCUT2D eigenvalue weighted by molar-refractivity contribution is -0.136. The zero-order valence-electron chi connectivity index (χ0n) is 32.0. The van der Waals surface area contributed by atoms with E-state index in [0.29, 0.717) is 50.6 Å². The molecule has 0 bridgehead atoms. The Labute approximate surface area is 338 Å². The number of piperazine rings is 1. The van der Waals surface area contributed by atoms with Crippen LogP contribution in [0.4, 0.5) is 11.5 Å². The molecule has 4 aliphatic rings. The second-order valence-electron chi connectivity index (χ2n) is 14.1. The van der Waals surface area contributed by atoms with Crippen LogP contribution in [0.5, 0.6) is 0 Å². The number of guanidine groups is 1. The van der Waals surface area contributed by atoms with Crippen LogP contribution in [0.25, 0.3) is 11.3 Å². The van der Waals surface area contributed by atoms with Crippen molar-refractivity contribution in [2.45, 2.75) is 42.7 Å². The van der Waals surface area contributed by atoms with Crippen molar-refractivity contribution in [1.29, 1.82) is 0 Å². The molecule has 16 nitrogen and oxygen atoms in total. The average Bonchev–Trinajstić information content (AvgIpc) is 3.48. The van der Waals surface area contributed by atoms with Crippen molar-refractivity contribution in [2.75, 3.05) is 62.8 Å². The molecule has 5 N–H and O–H groups in total. The van der Waals surface area contributed by atoms with Gasteiger partial charge in [0, 0.05) is 78.0 Å². The molecule has 58 heavy (non-hydrogen) atoms. The number of nitrogens with two attached hydrogens (primary N) is 1. The number of carbonyl (C=O) groups is 5. The summed E-state index contributed by atoms with van der Waals surface area (Å²) in [6, 6.07) is 16.8. The molecule has 302 valence electrons. The zero-order valence-corrected chi connectivity index (χ0v) is 32.8. The van der Waals surface area contributed by atoms with Gasteiger partial charge in [-0.15, -0.1) is 0 Å². The van der Waals surface area contributed by atoms with Gasteiger partial charge in [-0.1, -0.05) is 36.4 Å². The number of nitrogens with zero attached hydrogens (tertiary/aromatic N) is 5. The summed E-state index contributed by atoms with van der Waals surface area (Å²) in [4.78, 5) is 78.3. The number of amides is 5. The highest BCUT2D eigenvalue weighted by Gasteiger charge is 2.45. The van der Waals surface area contributed by atoms with Crippen molar-refractivity contribution in [2.24, 2.45) is 10.7 Å². The maximum Gasteiger partial charge on any atom is 0.264 e. The Morgan fingerprint density at radius 1 is 1.00 bits per heavy atom. The van der Waals surface area contributed by atoms with Gasteiger partial charge in [0.15, 0.2) is 5.96 Å². The number of hydrogen-bond donors (Lipinski definition) is 4. The fourth-order valence-electron chi connectivity index (χ4n) is 7.31. The van der Waals surface area contributed by atoms with E-state index >= 15 is 0 Å². The van der Waals surface area contributed by atoms with E-state index < -0.39 is 40.5 Å². The van der Waals surface area contributed by atoms with Crippen molar-refractivity contribution in [3.05, 3.63) is 95.7 Å². The number of pyridine rings is 1. The number of hydrogen-bond acceptors (Lipinski definition) is 11. The van der Waals surface area contributed by atoms with Crippen molar-refractivity contribution in [3.63, 3.8) is 0 Å². The summed E-state index contributed by atoms with van der Waals surface area (Å²) >= 11 is 0. The van der Waals surface area contributed by atoms with E-state index in [1.54, 1.807) is 24.5 Å². The SMILES string of the molecule is CS(=O)c1ccc(-c2cccc(NC(N)=NC3C=CC(N4CCN(C(=O)CCOCCNc5cccc6c5C(=O)N(C5CCC(=O)NC5=O)C6=O)CC4)=CC3)n2)cc1. The predicted molar refractivity (Wildman–Crippen MR) is 218 cm³/mol. The number of nitrogens with one attached hydrogen (secondary N) is 3. The van der Waals surface area contributed by atoms with Crippen LogP contribution in [0.1, 0.15) is 46.4 Å². The Balaban J connectivity index is 0.801. The lowest BCUT2D eigenvalue weighted by Gasteiger charge is -2.37. The van der Waals surface area contributed by atoms with Crippen LogP contribution < -0.4 is 21.7 Å². The molecule has 2 saturated heterocycles. The first-order valence-corrected chi connectivity index (χ1v) is 20.7. The first-order chi connectivity index (χ1) is 28.0. The summed E-state index contributed by atoms with van der Waals surface area (Å²) in [5.74, 6) is -1.39. The fraction of sp³-hybridized carbons (Fsp3) is 0.341. The highest BCUT2D eigenvalue weighted by Crippen LogP contribution is 2.32. The Bertz CT molecular complexity index is 2220. The minimum atomic E-state index is -1.05. The fourth-order valence-corrected chi connectivity index (χ4v) is 7.83. The second-order valence-corrected chi connectivity index (χ2v) is 15.5. The van der Waals surface area contributed by atoms with Gasteiger partial charge in [-0.25, -0.2) is 9.98 Å². The van der Waals surface area contributed by atoms with Crippen molar-refractivity contribution in [1.82, 2.24) is 25.0 Å². The highest BCUT2D eigenvalue weighted by molar-refractivity contribution is 7.84. The van der Waals surface area contributed by atoms with Gasteiger partial charge in [0.05, 0.1) is 42.5 Å². The number of ether oxygens (including phenoxy) is 1. The molecule has 3 atom stereocenters. The number of carbonyl (C=O) groups excluding carboxylic acids is 5. The van der Waals surface area contributed by atoms with Crippen LogP contribution in [-0.2, 0) is 29.9 Å². The summed E-state index contributed by atoms with van der Waals surface area (Å²) in [6.45, 7) is 3.43. The Morgan fingerprint density at radius 3 is 2.50 bits per heavy atom. The minimum Gasteiger partial charge on any atom is -0.382 e. The molecular formula is C41H45N9O7S. The molecule has 5 amide bonds. The van der Waals surface area contributed by atoms with E-state index in [2.05, 4.69) is 36.9 Å². The molecule has 4 heterocycles. The lowest BCUT2D eigenvalue weighted by Crippen LogP contribution is -2.54. The highest BCUT2D eigenvalue weighted by atomic mass is 32.2. The summed E-state index contributed by atoms with van der Waals surface area (Å²) in [5.41, 5.74) is 9.83. The number of imide groups is 2. The maximum atomic E-state index is 13.3. The van der Waals surface area contributed by atoms with Crippen LogP contribution in [0, 0.1) is 0 Å². The normalized spacial score (nSPS) is 20.1. The third-order valence-corrected chi connectivity index (χ3v) is 11.3. The number of allylic oxidation sites excluding steroid dienone is 1. The number of aliphatic imine (C=N–C) groups is 1. The van der Waals surface area contributed by atoms with E-state index in [-0.39, 0.29) is 61.5 Å². The molecule has 0 radical (unpaired) electrons. The van der Waals surface area contributed by atoms with Gasteiger partial charge in [0.1, 0.15) is 11.9 Å². The van der Waals surface area contributed by atoms with Gasteiger partial charge in [0.25, 0.3) is 11.8 Å². The number of benzene rings is 2. The van der Waals surface area contributed by atoms with E-state index in [0.717, 1.165) is 26.7 Å². The third-order valence-electron chi connectivity index (χ3n) is 10.3. The quantitative estimate of drug-likeness (QED) is 0.0851. The zero-order chi connectivity index (χ0) is 40.8. The molecular weight excluding hydrogens is 763 g/mol. The van der Waals surface area contributed by atoms with Crippen LogP contribution in [0.15, 0.2) is 94.5 Å². The molecule has 2 fully saturated rings. The molecule has 3 unspecified atom stereocenters. The Morgan fingerprint density at radius 2 is 1.78 bits per heavy atom. The number of fused-ring (bicyclic) bond motifs is 1. The van der Waals surface area contributed by atoms with E-state index in [1.165, 1.54) is 0 Å². The molecule has 0 spiro atoms. The second kappa shape index (κ2) is 17.9. The van der Waals surface area contributed by atoms with Gasteiger partial charge in [-0.3, -0.25) is 38.4 Å². The molecule has 2 aromatic carbocycles. The maximum absolute atomic E-state index is 13.3. The number of aromatic nitrogens is 1. The lowest BCUT2D eigenvalue weighted by atomic mass is 10.0. The average molecular weight is 808 g/mol. The predicted octanol–water partition coefficient (Wildman–Crippen LogP) is 2.49. The molecule has 3 aliphatic heterocycles. The summed E-state index contributed by atoms with van der Waals surface area (Å²) in [7, 11) is -1.05. The minimum absolute atomic E-state index is 0.0174. The Kier molecular flexibility index (Phi) is 12.4. The number of piperidine rings is 1. The van der Waals surface area contributed by atoms with Gasteiger partial charge in [-0.2, -0.15) is 0 Å². The van der Waals surface area contributed by atoms with Crippen LogP contribution in [0.3, 0.4) is 0 Å². The van der Waals surface area contributed by atoms with Crippen molar-refractivity contribution < 1.29 is 32.9 Å². The van der Waals surface area contributed by atoms with E-state index in [4.69, 9.17) is 10.5 Å². The molecule has 17 heteroatoms. The third kappa shape index (κ3) is 9.16. The molecule has 0 saturated carbocycles. The Hall–Kier alpha value is -6.20. The smallest absolute Gasteiger partial charge is 0.264 e. The van der Waals surface area contributed by atoms with E-state index in [9.17, 15) is 28.2 Å². The topological polar surface area (TPSA) is 209 Å². The summed E-state index contributed by atoms with van der Waals surface area (Å²) in [6.07, 6.45) is 8.91. The summed E-state index contributed by atoms with van der Waals surface area (Å²) in [5, 5.41) is 8.43. The molecule has 1 aromatic heterocycles. The standard InChI is InChI=1S/C41H45N9O7S/c1-58(56)29-14-8-26(9-15-29)31-5-3-7-34(45-31)46-41(42)44-27-10-12-28(13-11-27)48-20-22-49(23-21-48)36(52)18-24-57-25-19-43-32-6-2-4-30-37(32)40(55)50(39(30)54)33-16-17-35(51)47-38(33)53/h2-10,12-15,27,33,43H,11,16-25H2,1H3,(H,47,51,53)(H3,42,44,45,46). The van der Waals surface area contributed by atoms with Crippen molar-refractivity contribution in [3.8, 4) is 11.3 Å². The largest absolute Gasteiger partial charge is 0.382 e. The van der Waals surface area contributed by atoms with E-state index in [1.807, 2.05) is 59.5 Å². The van der Waals surface area contributed by atoms with Gasteiger partial charge >= 0.3 is 0 Å². The monoisotopic (exact) mass is 807 g/mol. The van der Waals surface area contributed by atoms with Crippen LogP contribution in [0.2, 0.25) is 0 Å². The molecule has 3 aromatic rings. The van der Waals surface area contributed by atoms with Crippen LogP contribution >= 0.6 is 0 Å². The van der Waals surface area contributed by atoms with Gasteiger partial charge in [-0.05, 0) is 55.3 Å². The number of anilines is 2. The van der Waals surface area contributed by atoms with Gasteiger partial charge < -0.3 is 30.9 Å². The first-order valence-electron chi connectivity index (χ1n) is 19.1. The first kappa shape index (κ1) is 40.0. The summed E-state index contributed by atoms with van der Waals surface area (Å²) < 4.78 is 17.4. The van der Waals surface area contributed by atoms with Gasteiger partial charge in [0.2, 0.25) is 17.7 Å².